The second-order valence-electron chi connectivity index (χ2n) is 7.37. The van der Waals surface area contributed by atoms with Crippen molar-refractivity contribution in [2.75, 3.05) is 39.1 Å². The Labute approximate surface area is 189 Å². The Morgan fingerprint density at radius 1 is 1.28 bits per heavy atom. The highest BCUT2D eigenvalue weighted by molar-refractivity contribution is 14.0. The van der Waals surface area contributed by atoms with E-state index in [-0.39, 0.29) is 35.8 Å². The van der Waals surface area contributed by atoms with Crippen molar-refractivity contribution in [3.8, 4) is 0 Å². The Balaban J connectivity index is 0.00000300. The van der Waals surface area contributed by atoms with Gasteiger partial charge in [0.25, 0.3) is 0 Å². The van der Waals surface area contributed by atoms with Gasteiger partial charge in [0.2, 0.25) is 0 Å². The van der Waals surface area contributed by atoms with Crippen LogP contribution in [0.15, 0.2) is 47.6 Å². The topological polar surface area (TPSA) is 55.8 Å². The van der Waals surface area contributed by atoms with Gasteiger partial charge >= 0.3 is 0 Å². The Hall–Kier alpha value is -1.94. The standard InChI is InChI=1S/C21H29FN6.HI/c1-23-21(25-13-16-6-4-7-17(12-16)14-27(2)3)26-18-9-11-28(15-18)20-19(22)8-5-10-24-20;/h4-8,10,12,18H,9,11,13-15H2,1-3H3,(H2,23,25,26);1H. The molecule has 3 rings (SSSR count). The van der Waals surface area contributed by atoms with E-state index < -0.39 is 0 Å². The van der Waals surface area contributed by atoms with E-state index in [0.717, 1.165) is 25.5 Å². The number of halogens is 2. The smallest absolute Gasteiger partial charge is 0.191 e. The molecule has 2 heterocycles. The van der Waals surface area contributed by atoms with E-state index >= 15 is 0 Å². The lowest BCUT2D eigenvalue weighted by Gasteiger charge is -2.20. The van der Waals surface area contributed by atoms with Crippen molar-refractivity contribution in [2.24, 2.45) is 4.99 Å². The molecule has 1 aromatic heterocycles. The predicted octanol–water partition coefficient (Wildman–Crippen LogP) is 2.84. The minimum atomic E-state index is -0.275. The van der Waals surface area contributed by atoms with Crippen LogP contribution in [-0.2, 0) is 13.1 Å². The molecule has 6 nitrogen and oxygen atoms in total. The molecule has 1 aliphatic heterocycles. The van der Waals surface area contributed by atoms with Crippen LogP contribution in [0.1, 0.15) is 17.5 Å². The fraction of sp³-hybridized carbons (Fsp3) is 0.429. The monoisotopic (exact) mass is 512 g/mol. The fourth-order valence-corrected chi connectivity index (χ4v) is 3.46. The summed E-state index contributed by atoms with van der Waals surface area (Å²) >= 11 is 0. The van der Waals surface area contributed by atoms with Gasteiger partial charge in [-0.3, -0.25) is 4.99 Å². The molecule has 0 radical (unpaired) electrons. The Morgan fingerprint density at radius 2 is 2.07 bits per heavy atom. The number of hydrogen-bond donors (Lipinski definition) is 2. The molecule has 2 aromatic rings. The average Bonchev–Trinajstić information content (AvgIpc) is 3.13. The number of hydrogen-bond acceptors (Lipinski definition) is 4. The SMILES string of the molecule is CN=C(NCc1cccc(CN(C)C)c1)NC1CCN(c2ncccc2F)C1.I. The van der Waals surface area contributed by atoms with Crippen LogP contribution in [0.3, 0.4) is 0 Å². The molecule has 8 heteroatoms. The maximum absolute atomic E-state index is 14.0. The van der Waals surface area contributed by atoms with E-state index in [1.807, 2.05) is 4.90 Å². The first-order valence-electron chi connectivity index (χ1n) is 9.60. The van der Waals surface area contributed by atoms with Crippen molar-refractivity contribution >= 4 is 35.8 Å². The van der Waals surface area contributed by atoms with Crippen molar-refractivity contribution < 1.29 is 4.39 Å². The van der Waals surface area contributed by atoms with Crippen molar-refractivity contribution in [1.82, 2.24) is 20.5 Å². The summed E-state index contributed by atoms with van der Waals surface area (Å²) in [7, 11) is 5.90. The molecular formula is C21H30FIN6. The second-order valence-corrected chi connectivity index (χ2v) is 7.37. The van der Waals surface area contributed by atoms with Crippen molar-refractivity contribution in [3.05, 3.63) is 59.5 Å². The summed E-state index contributed by atoms with van der Waals surface area (Å²) in [5.74, 6) is 0.905. The Bertz CT molecular complexity index is 813. The number of anilines is 1. The van der Waals surface area contributed by atoms with Gasteiger partial charge < -0.3 is 20.4 Å². The maximum Gasteiger partial charge on any atom is 0.191 e. The van der Waals surface area contributed by atoms with Gasteiger partial charge in [0.15, 0.2) is 17.6 Å². The lowest BCUT2D eigenvalue weighted by molar-refractivity contribution is 0.402. The summed E-state index contributed by atoms with van der Waals surface area (Å²) in [6.07, 6.45) is 2.54. The second kappa shape index (κ2) is 11.3. The molecule has 0 bridgehead atoms. The number of aromatic nitrogens is 1. The van der Waals surface area contributed by atoms with Crippen molar-refractivity contribution in [3.63, 3.8) is 0 Å². The number of benzene rings is 1. The normalized spacial score (nSPS) is 16.7. The summed E-state index contributed by atoms with van der Waals surface area (Å²) in [4.78, 5) is 12.6. The van der Waals surface area contributed by atoms with Gasteiger partial charge in [-0.2, -0.15) is 0 Å². The first-order chi connectivity index (χ1) is 13.5. The highest BCUT2D eigenvalue weighted by Gasteiger charge is 2.25. The number of rotatable bonds is 6. The van der Waals surface area contributed by atoms with E-state index in [9.17, 15) is 4.39 Å². The van der Waals surface area contributed by atoms with Gasteiger partial charge in [-0.15, -0.1) is 24.0 Å². The van der Waals surface area contributed by atoms with E-state index in [2.05, 4.69) is 63.9 Å². The zero-order chi connectivity index (χ0) is 19.9. The van der Waals surface area contributed by atoms with Gasteiger partial charge in [0.1, 0.15) is 0 Å². The average molecular weight is 512 g/mol. The molecule has 1 saturated heterocycles. The van der Waals surface area contributed by atoms with Crippen LogP contribution in [0.4, 0.5) is 10.2 Å². The molecule has 1 unspecified atom stereocenters. The molecule has 158 valence electrons. The molecule has 0 amide bonds. The molecule has 2 N–H and O–H groups in total. The summed E-state index contributed by atoms with van der Waals surface area (Å²) < 4.78 is 14.0. The maximum atomic E-state index is 14.0. The lowest BCUT2D eigenvalue weighted by atomic mass is 10.1. The highest BCUT2D eigenvalue weighted by Crippen LogP contribution is 2.20. The van der Waals surface area contributed by atoms with Crippen molar-refractivity contribution in [2.45, 2.75) is 25.6 Å². The first kappa shape index (κ1) is 23.3. The Morgan fingerprint density at radius 3 is 2.79 bits per heavy atom. The third kappa shape index (κ3) is 6.81. The van der Waals surface area contributed by atoms with Gasteiger partial charge in [-0.05, 0) is 43.8 Å². The number of aliphatic imine (C=N–C) groups is 1. The quantitative estimate of drug-likeness (QED) is 0.354. The molecule has 1 aliphatic rings. The number of guanidine groups is 1. The van der Waals surface area contributed by atoms with Gasteiger partial charge in [0, 0.05) is 45.5 Å². The highest BCUT2D eigenvalue weighted by atomic mass is 127. The molecule has 1 aromatic carbocycles. The molecule has 0 saturated carbocycles. The van der Waals surface area contributed by atoms with Crippen LogP contribution < -0.4 is 15.5 Å². The minimum absolute atomic E-state index is 0. The van der Waals surface area contributed by atoms with E-state index in [1.165, 1.54) is 17.2 Å². The molecule has 1 atom stereocenters. The number of pyridine rings is 1. The lowest BCUT2D eigenvalue weighted by Crippen LogP contribution is -2.44. The first-order valence-corrected chi connectivity index (χ1v) is 9.60. The number of nitrogens with zero attached hydrogens (tertiary/aromatic N) is 4. The fourth-order valence-electron chi connectivity index (χ4n) is 3.46. The molecule has 29 heavy (non-hydrogen) atoms. The zero-order valence-corrected chi connectivity index (χ0v) is 19.6. The predicted molar refractivity (Wildman–Crippen MR) is 127 cm³/mol. The van der Waals surface area contributed by atoms with Crippen molar-refractivity contribution in [1.29, 1.82) is 0 Å². The summed E-state index contributed by atoms with van der Waals surface area (Å²) in [5.41, 5.74) is 2.50. The molecule has 0 aliphatic carbocycles. The van der Waals surface area contributed by atoms with Crippen LogP contribution in [0.25, 0.3) is 0 Å². The van der Waals surface area contributed by atoms with Gasteiger partial charge in [-0.1, -0.05) is 24.3 Å². The molecular weight excluding hydrogens is 482 g/mol. The third-order valence-corrected chi connectivity index (χ3v) is 4.74. The largest absolute Gasteiger partial charge is 0.352 e. The summed E-state index contributed by atoms with van der Waals surface area (Å²) in [6.45, 7) is 3.09. The van der Waals surface area contributed by atoms with E-state index in [4.69, 9.17) is 0 Å². The van der Waals surface area contributed by atoms with Gasteiger partial charge in [-0.25, -0.2) is 9.37 Å². The third-order valence-electron chi connectivity index (χ3n) is 4.74. The molecule has 1 fully saturated rings. The zero-order valence-electron chi connectivity index (χ0n) is 17.2. The van der Waals surface area contributed by atoms with Crippen LogP contribution in [0.2, 0.25) is 0 Å². The van der Waals surface area contributed by atoms with Crippen LogP contribution in [0, 0.1) is 5.82 Å². The van der Waals surface area contributed by atoms with Crippen LogP contribution in [0.5, 0.6) is 0 Å². The number of nitrogens with one attached hydrogen (secondary N) is 2. The molecule has 0 spiro atoms. The summed E-state index contributed by atoms with van der Waals surface area (Å²) in [5, 5.41) is 6.82. The van der Waals surface area contributed by atoms with Gasteiger partial charge in [0.05, 0.1) is 0 Å². The van der Waals surface area contributed by atoms with E-state index in [0.29, 0.717) is 18.9 Å². The van der Waals surface area contributed by atoms with E-state index in [1.54, 1.807) is 19.3 Å². The summed E-state index contributed by atoms with van der Waals surface area (Å²) in [6, 6.07) is 11.8. The van der Waals surface area contributed by atoms with Crippen LogP contribution in [-0.4, -0.2) is 56.1 Å². The van der Waals surface area contributed by atoms with Crippen LogP contribution >= 0.6 is 24.0 Å². The minimum Gasteiger partial charge on any atom is -0.352 e. The Kier molecular flexibility index (Phi) is 9.09.